The largest absolute Gasteiger partial charge is 0.359 e. The van der Waals surface area contributed by atoms with Crippen LogP contribution in [0.15, 0.2) is 0 Å². The van der Waals surface area contributed by atoms with E-state index in [1.165, 1.54) is 26.1 Å². The van der Waals surface area contributed by atoms with Crippen LogP contribution < -0.4 is 5.32 Å². The highest BCUT2D eigenvalue weighted by molar-refractivity contribution is 4.94. The summed E-state index contributed by atoms with van der Waals surface area (Å²) in [5, 5.41) is 3.63. The quantitative estimate of drug-likeness (QED) is 0.794. The van der Waals surface area contributed by atoms with Gasteiger partial charge < -0.3 is 9.64 Å². The van der Waals surface area contributed by atoms with E-state index < -0.39 is 0 Å². The lowest BCUT2D eigenvalue weighted by Gasteiger charge is -2.29. The average Bonchev–Trinajstić information content (AvgIpc) is 2.71. The lowest BCUT2D eigenvalue weighted by molar-refractivity contribution is -0.0125. The molecule has 2 fully saturated rings. The van der Waals surface area contributed by atoms with Gasteiger partial charge in [-0.15, -0.1) is 0 Å². The first-order chi connectivity index (χ1) is 7.42. The molecule has 3 nitrogen and oxygen atoms in total. The molecule has 0 aromatic heterocycles. The SMILES string of the molecule is CCN1CCC(CC2(C)NC(C)(C)CO2)C1. The Morgan fingerprint density at radius 3 is 2.62 bits per heavy atom. The molecule has 3 heteroatoms. The Balaban J connectivity index is 1.86. The van der Waals surface area contributed by atoms with Gasteiger partial charge in [0.05, 0.1) is 6.61 Å². The van der Waals surface area contributed by atoms with Crippen LogP contribution >= 0.6 is 0 Å². The van der Waals surface area contributed by atoms with Gasteiger partial charge in [0, 0.05) is 12.1 Å². The van der Waals surface area contributed by atoms with Crippen molar-refractivity contribution in [3.05, 3.63) is 0 Å². The van der Waals surface area contributed by atoms with Crippen LogP contribution in [0.25, 0.3) is 0 Å². The fourth-order valence-corrected chi connectivity index (χ4v) is 3.16. The third-order valence-electron chi connectivity index (χ3n) is 3.85. The first-order valence-electron chi connectivity index (χ1n) is 6.58. The number of nitrogens with zero attached hydrogens (tertiary/aromatic N) is 1. The molecule has 0 spiro atoms. The maximum absolute atomic E-state index is 5.96. The Morgan fingerprint density at radius 1 is 1.38 bits per heavy atom. The average molecular weight is 226 g/mol. The van der Waals surface area contributed by atoms with E-state index in [4.69, 9.17) is 4.74 Å². The van der Waals surface area contributed by atoms with Crippen LogP contribution in [-0.4, -0.2) is 42.4 Å². The topological polar surface area (TPSA) is 24.5 Å². The first kappa shape index (κ1) is 12.3. The molecule has 2 saturated heterocycles. The smallest absolute Gasteiger partial charge is 0.117 e. The van der Waals surface area contributed by atoms with Gasteiger partial charge in [0.15, 0.2) is 0 Å². The molecule has 94 valence electrons. The highest BCUT2D eigenvalue weighted by Gasteiger charge is 2.42. The fourth-order valence-electron chi connectivity index (χ4n) is 3.16. The van der Waals surface area contributed by atoms with Gasteiger partial charge in [-0.25, -0.2) is 0 Å². The lowest BCUT2D eigenvalue weighted by Crippen LogP contribution is -2.47. The highest BCUT2D eigenvalue weighted by atomic mass is 16.5. The monoisotopic (exact) mass is 226 g/mol. The molecular weight excluding hydrogens is 200 g/mol. The predicted octanol–water partition coefficient (Wildman–Crippen LogP) is 1.83. The van der Waals surface area contributed by atoms with E-state index in [1.807, 2.05) is 0 Å². The second-order valence-corrected chi connectivity index (χ2v) is 6.28. The zero-order chi connectivity index (χ0) is 11.8. The molecule has 0 amide bonds. The predicted molar refractivity (Wildman–Crippen MR) is 66.4 cm³/mol. The van der Waals surface area contributed by atoms with Crippen LogP contribution in [0.2, 0.25) is 0 Å². The van der Waals surface area contributed by atoms with Gasteiger partial charge in [-0.1, -0.05) is 6.92 Å². The van der Waals surface area contributed by atoms with Crippen LogP contribution in [0.3, 0.4) is 0 Å². The Morgan fingerprint density at radius 2 is 2.12 bits per heavy atom. The van der Waals surface area contributed by atoms with Gasteiger partial charge >= 0.3 is 0 Å². The second kappa shape index (κ2) is 4.28. The molecule has 16 heavy (non-hydrogen) atoms. The van der Waals surface area contributed by atoms with Gasteiger partial charge in [-0.2, -0.15) is 0 Å². The minimum absolute atomic E-state index is 0.0993. The van der Waals surface area contributed by atoms with E-state index >= 15 is 0 Å². The van der Waals surface area contributed by atoms with E-state index in [0.717, 1.165) is 18.9 Å². The first-order valence-corrected chi connectivity index (χ1v) is 6.58. The standard InChI is InChI=1S/C13H26N2O/c1-5-15-7-6-11(9-15)8-13(4)14-12(2,3)10-16-13/h11,14H,5-10H2,1-4H3. The Labute approximate surface area is 99.5 Å². The summed E-state index contributed by atoms with van der Waals surface area (Å²) in [7, 11) is 0. The summed E-state index contributed by atoms with van der Waals surface area (Å²) in [6.45, 7) is 13.4. The van der Waals surface area contributed by atoms with Crippen molar-refractivity contribution in [3.8, 4) is 0 Å². The van der Waals surface area contributed by atoms with Gasteiger partial charge in [0.1, 0.15) is 5.72 Å². The molecule has 2 heterocycles. The van der Waals surface area contributed by atoms with Crippen molar-refractivity contribution in [2.45, 2.75) is 51.8 Å². The lowest BCUT2D eigenvalue weighted by atomic mass is 9.96. The van der Waals surface area contributed by atoms with E-state index in [2.05, 4.69) is 37.9 Å². The summed E-state index contributed by atoms with van der Waals surface area (Å²) < 4.78 is 5.96. The number of likely N-dealkylation sites (tertiary alicyclic amines) is 1. The molecular formula is C13H26N2O. The number of hydrogen-bond donors (Lipinski definition) is 1. The summed E-state index contributed by atoms with van der Waals surface area (Å²) in [4.78, 5) is 2.54. The zero-order valence-electron chi connectivity index (χ0n) is 11.2. The van der Waals surface area contributed by atoms with Crippen molar-refractivity contribution >= 4 is 0 Å². The molecule has 0 radical (unpaired) electrons. The molecule has 2 unspecified atom stereocenters. The highest BCUT2D eigenvalue weighted by Crippen LogP contribution is 2.32. The van der Waals surface area contributed by atoms with Crippen LogP contribution in [0.5, 0.6) is 0 Å². The molecule has 2 rings (SSSR count). The maximum Gasteiger partial charge on any atom is 0.117 e. The van der Waals surface area contributed by atoms with Crippen molar-refractivity contribution in [2.24, 2.45) is 5.92 Å². The van der Waals surface area contributed by atoms with Gasteiger partial charge in [-0.05, 0) is 52.6 Å². The van der Waals surface area contributed by atoms with Crippen molar-refractivity contribution in [2.75, 3.05) is 26.2 Å². The summed E-state index contributed by atoms with van der Waals surface area (Å²) >= 11 is 0. The number of hydrogen-bond acceptors (Lipinski definition) is 3. The van der Waals surface area contributed by atoms with Gasteiger partial charge in [-0.3, -0.25) is 5.32 Å². The Hall–Kier alpha value is -0.120. The summed E-state index contributed by atoms with van der Waals surface area (Å²) in [5.41, 5.74) is 0.0374. The third-order valence-corrected chi connectivity index (χ3v) is 3.85. The van der Waals surface area contributed by atoms with E-state index in [-0.39, 0.29) is 11.3 Å². The molecule has 2 aliphatic rings. The van der Waals surface area contributed by atoms with Crippen molar-refractivity contribution in [3.63, 3.8) is 0 Å². The molecule has 1 N–H and O–H groups in total. The Bertz CT molecular complexity index is 254. The molecule has 0 aromatic carbocycles. The third kappa shape index (κ3) is 2.76. The van der Waals surface area contributed by atoms with E-state index in [9.17, 15) is 0 Å². The molecule has 0 aliphatic carbocycles. The Kier molecular flexibility index (Phi) is 3.30. The number of rotatable bonds is 3. The van der Waals surface area contributed by atoms with Crippen LogP contribution in [-0.2, 0) is 4.74 Å². The summed E-state index contributed by atoms with van der Waals surface area (Å²) in [5.74, 6) is 0.798. The van der Waals surface area contributed by atoms with Crippen molar-refractivity contribution < 1.29 is 4.74 Å². The van der Waals surface area contributed by atoms with Crippen molar-refractivity contribution in [1.29, 1.82) is 0 Å². The maximum atomic E-state index is 5.96. The normalized spacial score (nSPS) is 39.4. The van der Waals surface area contributed by atoms with E-state index in [1.54, 1.807) is 0 Å². The molecule has 0 aromatic rings. The summed E-state index contributed by atoms with van der Waals surface area (Å²) in [6.07, 6.45) is 2.47. The minimum Gasteiger partial charge on any atom is -0.359 e. The van der Waals surface area contributed by atoms with E-state index in [0.29, 0.717) is 0 Å². The van der Waals surface area contributed by atoms with Crippen molar-refractivity contribution in [1.82, 2.24) is 10.2 Å². The zero-order valence-corrected chi connectivity index (χ0v) is 11.2. The fraction of sp³-hybridized carbons (Fsp3) is 1.00. The molecule has 0 saturated carbocycles. The van der Waals surface area contributed by atoms with Crippen LogP contribution in [0.4, 0.5) is 0 Å². The van der Waals surface area contributed by atoms with Crippen LogP contribution in [0.1, 0.15) is 40.5 Å². The van der Waals surface area contributed by atoms with Gasteiger partial charge in [0.2, 0.25) is 0 Å². The molecule has 0 bridgehead atoms. The van der Waals surface area contributed by atoms with Crippen LogP contribution in [0, 0.1) is 5.92 Å². The minimum atomic E-state index is -0.0993. The van der Waals surface area contributed by atoms with Gasteiger partial charge in [0.25, 0.3) is 0 Å². The second-order valence-electron chi connectivity index (χ2n) is 6.28. The molecule has 2 atom stereocenters. The number of ether oxygens (including phenoxy) is 1. The summed E-state index contributed by atoms with van der Waals surface area (Å²) in [6, 6.07) is 0. The molecule has 2 aliphatic heterocycles. The number of nitrogens with one attached hydrogen (secondary N) is 1.